The Morgan fingerprint density at radius 1 is 1.19 bits per heavy atom. The van der Waals surface area contributed by atoms with Crippen LogP contribution in [0.1, 0.15) is 63.9 Å². The molecule has 2 aliphatic heterocycles. The molecule has 11 heteroatoms. The van der Waals surface area contributed by atoms with Crippen LogP contribution in [0.5, 0.6) is 0 Å². The van der Waals surface area contributed by atoms with E-state index in [0.717, 1.165) is 51.7 Å². The maximum atomic E-state index is 13.4. The lowest BCUT2D eigenvalue weighted by Gasteiger charge is -2.36. The number of nitriles is 1. The lowest BCUT2D eigenvalue weighted by Crippen LogP contribution is -2.37. The van der Waals surface area contributed by atoms with E-state index in [2.05, 4.69) is 25.5 Å². The van der Waals surface area contributed by atoms with Gasteiger partial charge in [0.25, 0.3) is 0 Å². The van der Waals surface area contributed by atoms with Crippen molar-refractivity contribution in [1.82, 2.24) is 10.2 Å². The third kappa shape index (κ3) is 7.62. The summed E-state index contributed by atoms with van der Waals surface area (Å²) in [5.41, 5.74) is 1.61. The van der Waals surface area contributed by atoms with Crippen LogP contribution in [-0.4, -0.2) is 64.9 Å². The summed E-state index contributed by atoms with van der Waals surface area (Å²) < 4.78 is 13.4. The molecule has 1 fully saturated rings. The molecule has 1 saturated heterocycles. The summed E-state index contributed by atoms with van der Waals surface area (Å²) >= 11 is 0. The number of guanidine groups is 1. The Balaban J connectivity index is 1.36. The van der Waals surface area contributed by atoms with Gasteiger partial charge in [-0.3, -0.25) is 20.1 Å². The molecule has 42 heavy (non-hydrogen) atoms. The van der Waals surface area contributed by atoms with Gasteiger partial charge < -0.3 is 20.4 Å². The second-order valence-corrected chi connectivity index (χ2v) is 11.3. The third-order valence-corrected chi connectivity index (χ3v) is 8.60. The zero-order valence-electron chi connectivity index (χ0n) is 24.1. The molecule has 1 aromatic rings. The summed E-state index contributed by atoms with van der Waals surface area (Å²) in [4.78, 5) is 35.4. The number of carboxylic acid groups (broad SMARTS) is 2. The summed E-state index contributed by atoms with van der Waals surface area (Å²) in [5, 5.41) is 34.7. The van der Waals surface area contributed by atoms with Crippen LogP contribution in [0.25, 0.3) is 0 Å². The van der Waals surface area contributed by atoms with Gasteiger partial charge in [-0.25, -0.2) is 9.18 Å². The molecule has 0 bridgehead atoms. The fourth-order valence-corrected chi connectivity index (χ4v) is 6.49. The number of benzene rings is 1. The highest BCUT2D eigenvalue weighted by molar-refractivity contribution is 6.06. The van der Waals surface area contributed by atoms with E-state index in [0.29, 0.717) is 41.8 Å². The van der Waals surface area contributed by atoms with Crippen LogP contribution in [0.4, 0.5) is 10.1 Å². The first-order valence-electron chi connectivity index (χ1n) is 14.5. The van der Waals surface area contributed by atoms with Crippen molar-refractivity contribution in [2.45, 2.75) is 58.3 Å². The second-order valence-electron chi connectivity index (χ2n) is 11.3. The summed E-state index contributed by atoms with van der Waals surface area (Å²) in [6.07, 6.45) is 9.14. The van der Waals surface area contributed by atoms with Crippen LogP contribution < -0.4 is 10.6 Å². The number of aliphatic carboxylic acids is 2. The second kappa shape index (κ2) is 14.2. The van der Waals surface area contributed by atoms with Crippen LogP contribution in [0.15, 0.2) is 57.4 Å². The number of aliphatic imine (C=N–C) groups is 2. The van der Waals surface area contributed by atoms with Crippen molar-refractivity contribution in [2.75, 3.05) is 31.5 Å². The van der Waals surface area contributed by atoms with Gasteiger partial charge in [0.1, 0.15) is 5.92 Å². The summed E-state index contributed by atoms with van der Waals surface area (Å²) in [6.45, 7) is 6.61. The number of carbonyl (C=O) groups is 2. The molecule has 0 radical (unpaired) electrons. The number of allylic oxidation sites excluding steroid dienone is 3. The van der Waals surface area contributed by atoms with Crippen LogP contribution in [-0.2, 0) is 9.59 Å². The predicted molar refractivity (Wildman–Crippen MR) is 159 cm³/mol. The number of anilines is 1. The monoisotopic (exact) mass is 578 g/mol. The molecular formula is C31H39FN6O4. The van der Waals surface area contributed by atoms with Gasteiger partial charge in [-0.2, -0.15) is 5.26 Å². The van der Waals surface area contributed by atoms with Crippen LogP contribution >= 0.6 is 0 Å². The zero-order chi connectivity index (χ0) is 30.2. The van der Waals surface area contributed by atoms with Gasteiger partial charge in [0.15, 0.2) is 6.19 Å². The molecule has 224 valence electrons. The van der Waals surface area contributed by atoms with Crippen molar-refractivity contribution < 1.29 is 24.2 Å². The molecule has 0 aromatic heterocycles. The fraction of sp³-hybridized carbons (Fsp3) is 0.516. The number of rotatable bonds is 9. The van der Waals surface area contributed by atoms with E-state index in [-0.39, 0.29) is 23.1 Å². The van der Waals surface area contributed by atoms with Gasteiger partial charge >= 0.3 is 11.9 Å². The van der Waals surface area contributed by atoms with Gasteiger partial charge in [0.05, 0.1) is 11.4 Å². The normalized spacial score (nSPS) is 24.0. The number of hydrogen-bond acceptors (Lipinski definition) is 6. The molecule has 0 spiro atoms. The van der Waals surface area contributed by atoms with Crippen LogP contribution in [0.3, 0.4) is 0 Å². The number of carboxylic acids is 2. The maximum absolute atomic E-state index is 13.4. The first-order chi connectivity index (χ1) is 20.2. The lowest BCUT2D eigenvalue weighted by molar-refractivity contribution is -0.140. The van der Waals surface area contributed by atoms with E-state index in [9.17, 15) is 29.5 Å². The van der Waals surface area contributed by atoms with E-state index in [1.807, 2.05) is 6.19 Å². The molecule has 0 saturated carbocycles. The molecule has 10 nitrogen and oxygen atoms in total. The minimum absolute atomic E-state index is 0.0392. The van der Waals surface area contributed by atoms with Gasteiger partial charge in [-0.05, 0) is 102 Å². The first kappa shape index (κ1) is 30.9. The number of halogens is 1. The Morgan fingerprint density at radius 2 is 1.95 bits per heavy atom. The summed E-state index contributed by atoms with van der Waals surface area (Å²) in [5.74, 6) is -2.85. The highest BCUT2D eigenvalue weighted by Gasteiger charge is 2.41. The Hall–Kier alpha value is -4.04. The minimum Gasteiger partial charge on any atom is -0.481 e. The van der Waals surface area contributed by atoms with Crippen molar-refractivity contribution in [3.05, 3.63) is 53.0 Å². The van der Waals surface area contributed by atoms with Gasteiger partial charge in [-0.15, -0.1) is 0 Å². The summed E-state index contributed by atoms with van der Waals surface area (Å²) in [7, 11) is 0. The third-order valence-electron chi connectivity index (χ3n) is 8.60. The number of nitrogens with one attached hydrogen (secondary N) is 2. The van der Waals surface area contributed by atoms with E-state index in [1.165, 1.54) is 0 Å². The lowest BCUT2D eigenvalue weighted by atomic mass is 9.75. The molecule has 3 aliphatic rings. The minimum atomic E-state index is -1.21. The van der Waals surface area contributed by atoms with Crippen molar-refractivity contribution in [3.8, 4) is 6.19 Å². The quantitative estimate of drug-likeness (QED) is 0.106. The van der Waals surface area contributed by atoms with E-state index in [4.69, 9.17) is 0 Å². The Morgan fingerprint density at radius 3 is 2.60 bits per heavy atom. The average Bonchev–Trinajstić information content (AvgIpc) is 2.95. The molecular weight excluding hydrogens is 539 g/mol. The Labute approximate surface area is 245 Å². The molecule has 1 aliphatic carbocycles. The summed E-state index contributed by atoms with van der Waals surface area (Å²) in [6, 6.07) is 6.83. The number of hydrogen-bond donors (Lipinski definition) is 4. The Bertz CT molecular complexity index is 1340. The first-order valence-corrected chi connectivity index (χ1v) is 14.5. The zero-order valence-corrected chi connectivity index (χ0v) is 24.1. The van der Waals surface area contributed by atoms with Crippen molar-refractivity contribution in [2.24, 2.45) is 27.7 Å². The van der Waals surface area contributed by atoms with Crippen LogP contribution in [0.2, 0.25) is 0 Å². The number of likely N-dealkylation sites (tertiary alicyclic amines) is 1. The van der Waals surface area contributed by atoms with Crippen molar-refractivity contribution >= 4 is 29.3 Å². The molecule has 3 unspecified atom stereocenters. The number of nitrogens with zero attached hydrogens (tertiary/aromatic N) is 4. The predicted octanol–water partition coefficient (Wildman–Crippen LogP) is 4.90. The van der Waals surface area contributed by atoms with Gasteiger partial charge in [0, 0.05) is 29.6 Å². The molecule has 0 amide bonds. The molecule has 1 aromatic carbocycles. The molecule has 4 N–H and O–H groups in total. The molecule has 3 atom stereocenters. The highest BCUT2D eigenvalue weighted by Crippen LogP contribution is 2.40. The van der Waals surface area contributed by atoms with E-state index >= 15 is 0 Å². The average molecular weight is 579 g/mol. The standard InChI is InChI=1S/C31H39FN6O4/c1-19-26(29(39)40)28(27(30(41)42)20(2)36-19)23-5-3-6-25(17-23)37-31(35-18-33)34-13-4-14-38-15-11-22(12-16-38)21-7-9-24(32)10-8-21/h3,5-6,9,17,21-22,26,28H,4,7-8,10-16H2,1-2H3,(H,39,40)(H,41,42)(H2,34,35,37). The van der Waals surface area contributed by atoms with Crippen molar-refractivity contribution in [3.63, 3.8) is 0 Å². The van der Waals surface area contributed by atoms with Crippen LogP contribution in [0, 0.1) is 29.2 Å². The Kier molecular flexibility index (Phi) is 10.5. The van der Waals surface area contributed by atoms with Crippen molar-refractivity contribution in [1.29, 1.82) is 5.26 Å². The topological polar surface area (TPSA) is 150 Å². The smallest absolute Gasteiger partial charge is 0.334 e. The molecule has 4 rings (SSSR count). The molecule has 2 heterocycles. The van der Waals surface area contributed by atoms with Gasteiger partial charge in [0.2, 0.25) is 5.96 Å². The number of piperidine rings is 1. The SMILES string of the molecule is CC1=NC(C)=C(C(=O)O)C(c2cccc(NC(=NCCCN3CCC(C4CC=C(F)CC4)CC3)NC#N)c2)C1C(=O)O. The maximum Gasteiger partial charge on any atom is 0.334 e. The highest BCUT2D eigenvalue weighted by atomic mass is 19.1. The fourth-order valence-electron chi connectivity index (χ4n) is 6.49. The largest absolute Gasteiger partial charge is 0.481 e. The van der Waals surface area contributed by atoms with E-state index in [1.54, 1.807) is 44.2 Å². The van der Waals surface area contributed by atoms with Gasteiger partial charge in [-0.1, -0.05) is 18.2 Å². The van der Waals surface area contributed by atoms with E-state index < -0.39 is 23.8 Å².